The second kappa shape index (κ2) is 8.56. The van der Waals surface area contributed by atoms with Crippen molar-refractivity contribution in [1.29, 1.82) is 0 Å². The van der Waals surface area contributed by atoms with Gasteiger partial charge >= 0.3 is 5.97 Å². The monoisotopic (exact) mass is 400 g/mol. The predicted molar refractivity (Wildman–Crippen MR) is 111 cm³/mol. The summed E-state index contributed by atoms with van der Waals surface area (Å²) >= 11 is 1.48. The van der Waals surface area contributed by atoms with Crippen LogP contribution in [0.4, 0.5) is 0 Å². The van der Waals surface area contributed by atoms with E-state index in [9.17, 15) is 9.59 Å². The smallest absolute Gasteiger partial charge is 0.305 e. The molecule has 2 heterocycles. The molecule has 7 heteroatoms. The molecule has 0 radical (unpaired) electrons. The van der Waals surface area contributed by atoms with Crippen LogP contribution in [0.1, 0.15) is 31.2 Å². The molecule has 148 valence electrons. The predicted octanol–water partition coefficient (Wildman–Crippen LogP) is 3.96. The second-order valence-corrected chi connectivity index (χ2v) is 7.39. The molecule has 1 aromatic carbocycles. The van der Waals surface area contributed by atoms with Crippen LogP contribution >= 0.6 is 11.3 Å². The van der Waals surface area contributed by atoms with E-state index in [4.69, 9.17) is 9.72 Å². The lowest BCUT2D eigenvalue weighted by Gasteiger charge is -2.12. The summed E-state index contributed by atoms with van der Waals surface area (Å²) in [5.41, 5.74) is 2.80. The molecule has 2 aromatic heterocycles. The van der Waals surface area contributed by atoms with Gasteiger partial charge in [0.05, 0.1) is 19.6 Å². The summed E-state index contributed by atoms with van der Waals surface area (Å²) in [5.74, 6) is 1.28. The van der Waals surface area contributed by atoms with Crippen molar-refractivity contribution in [3.05, 3.63) is 45.3 Å². The van der Waals surface area contributed by atoms with Gasteiger partial charge in [-0.25, -0.2) is 4.98 Å². The van der Waals surface area contributed by atoms with Crippen LogP contribution < -0.4 is 10.3 Å². The Morgan fingerprint density at radius 2 is 2.07 bits per heavy atom. The molecule has 3 aromatic rings. The number of benzene rings is 1. The Morgan fingerprint density at radius 1 is 1.29 bits per heavy atom. The number of methoxy groups -OCH3 is 2. The Hall–Kier alpha value is -2.67. The van der Waals surface area contributed by atoms with E-state index in [0.717, 1.165) is 33.1 Å². The van der Waals surface area contributed by atoms with Crippen LogP contribution in [-0.2, 0) is 22.5 Å². The van der Waals surface area contributed by atoms with E-state index in [2.05, 4.69) is 4.74 Å². The highest BCUT2D eigenvalue weighted by Gasteiger charge is 2.17. The van der Waals surface area contributed by atoms with Gasteiger partial charge in [-0.05, 0) is 36.6 Å². The molecule has 0 aliphatic rings. The number of carbonyl (C=O) groups excluding carboxylic acids is 1. The van der Waals surface area contributed by atoms with Crippen LogP contribution in [0.5, 0.6) is 5.75 Å². The molecule has 0 aliphatic heterocycles. The van der Waals surface area contributed by atoms with E-state index in [1.807, 2.05) is 37.4 Å². The first kappa shape index (κ1) is 20.1. The maximum atomic E-state index is 13.3. The summed E-state index contributed by atoms with van der Waals surface area (Å²) in [7, 11) is 3.01. The Labute approximate surface area is 167 Å². The van der Waals surface area contributed by atoms with Crippen molar-refractivity contribution in [2.24, 2.45) is 0 Å². The van der Waals surface area contributed by atoms with Gasteiger partial charge < -0.3 is 9.47 Å². The minimum atomic E-state index is -0.273. The molecule has 0 unspecified atom stereocenters. The fraction of sp³-hybridized carbons (Fsp3) is 0.381. The number of ether oxygens (including phenoxy) is 2. The topological polar surface area (TPSA) is 70.4 Å². The van der Waals surface area contributed by atoms with Gasteiger partial charge in [-0.15, -0.1) is 11.3 Å². The van der Waals surface area contributed by atoms with E-state index in [1.165, 1.54) is 18.4 Å². The van der Waals surface area contributed by atoms with E-state index in [1.54, 1.807) is 11.7 Å². The van der Waals surface area contributed by atoms with Gasteiger partial charge in [0.15, 0.2) is 0 Å². The number of thiophene rings is 1. The summed E-state index contributed by atoms with van der Waals surface area (Å²) in [6.07, 6.45) is 1.46. The largest absolute Gasteiger partial charge is 0.496 e. The number of rotatable bonds is 7. The number of hydrogen-bond acceptors (Lipinski definition) is 6. The van der Waals surface area contributed by atoms with Crippen LogP contribution in [0.15, 0.2) is 28.4 Å². The standard InChI is InChI=1S/C21H24N2O4S/c1-5-17-22-20-19(21(25)23(17)10-6-7-18(24)27-4)15(12-28-20)14-8-9-16(26-3)13(2)11-14/h8-9,11-12H,5-7,10H2,1-4H3. The Morgan fingerprint density at radius 3 is 2.71 bits per heavy atom. The lowest BCUT2D eigenvalue weighted by Crippen LogP contribution is -2.25. The quantitative estimate of drug-likeness (QED) is 0.562. The second-order valence-electron chi connectivity index (χ2n) is 6.53. The highest BCUT2D eigenvalue weighted by atomic mass is 32.1. The Kier molecular flexibility index (Phi) is 6.14. The normalized spacial score (nSPS) is 11.0. The zero-order chi connectivity index (χ0) is 20.3. The molecular weight excluding hydrogens is 376 g/mol. The fourth-order valence-corrected chi connectivity index (χ4v) is 4.27. The molecule has 0 amide bonds. The SMILES string of the molecule is CCc1nc2scc(-c3ccc(OC)c(C)c3)c2c(=O)n1CCCC(=O)OC. The van der Waals surface area contributed by atoms with Crippen LogP contribution in [-0.4, -0.2) is 29.7 Å². The summed E-state index contributed by atoms with van der Waals surface area (Å²) in [6.45, 7) is 4.40. The van der Waals surface area contributed by atoms with Crippen molar-refractivity contribution < 1.29 is 14.3 Å². The zero-order valence-corrected chi connectivity index (χ0v) is 17.4. The molecule has 28 heavy (non-hydrogen) atoms. The number of esters is 1. The number of aryl methyl sites for hydroxylation is 2. The number of fused-ring (bicyclic) bond motifs is 1. The minimum absolute atomic E-state index is 0.0589. The molecule has 0 aliphatic carbocycles. The van der Waals surface area contributed by atoms with Gasteiger partial charge in [-0.1, -0.05) is 13.0 Å². The molecule has 0 saturated heterocycles. The number of carbonyl (C=O) groups is 1. The van der Waals surface area contributed by atoms with Gasteiger partial charge in [-0.2, -0.15) is 0 Å². The maximum absolute atomic E-state index is 13.3. The van der Waals surface area contributed by atoms with E-state index >= 15 is 0 Å². The lowest BCUT2D eigenvalue weighted by atomic mass is 10.0. The van der Waals surface area contributed by atoms with Gasteiger partial charge in [-0.3, -0.25) is 14.2 Å². The lowest BCUT2D eigenvalue weighted by molar-refractivity contribution is -0.140. The van der Waals surface area contributed by atoms with Gasteiger partial charge in [0.2, 0.25) is 0 Å². The van der Waals surface area contributed by atoms with Crippen molar-refractivity contribution in [3.63, 3.8) is 0 Å². The Balaban J connectivity index is 2.07. The summed E-state index contributed by atoms with van der Waals surface area (Å²) in [4.78, 5) is 30.2. The molecule has 6 nitrogen and oxygen atoms in total. The average Bonchev–Trinajstić information content (AvgIpc) is 3.13. The van der Waals surface area contributed by atoms with Crippen LogP contribution in [0.2, 0.25) is 0 Å². The van der Waals surface area contributed by atoms with Crippen molar-refractivity contribution in [2.45, 2.75) is 39.7 Å². The third-order valence-corrected chi connectivity index (χ3v) is 5.66. The zero-order valence-electron chi connectivity index (χ0n) is 16.6. The van der Waals surface area contributed by atoms with Crippen molar-refractivity contribution >= 4 is 27.5 Å². The van der Waals surface area contributed by atoms with Crippen LogP contribution in [0.3, 0.4) is 0 Å². The van der Waals surface area contributed by atoms with E-state index in [0.29, 0.717) is 24.8 Å². The van der Waals surface area contributed by atoms with E-state index < -0.39 is 0 Å². The molecule has 0 bridgehead atoms. The molecular formula is C21H24N2O4S. The maximum Gasteiger partial charge on any atom is 0.305 e. The minimum Gasteiger partial charge on any atom is -0.496 e. The molecule has 0 atom stereocenters. The van der Waals surface area contributed by atoms with Crippen molar-refractivity contribution in [1.82, 2.24) is 9.55 Å². The van der Waals surface area contributed by atoms with Crippen molar-refractivity contribution in [2.75, 3.05) is 14.2 Å². The molecule has 0 spiro atoms. The summed E-state index contributed by atoms with van der Waals surface area (Å²) in [5, 5.41) is 2.61. The number of nitrogens with zero attached hydrogens (tertiary/aromatic N) is 2. The van der Waals surface area contributed by atoms with Crippen LogP contribution in [0, 0.1) is 6.92 Å². The van der Waals surface area contributed by atoms with Gasteiger partial charge in [0.25, 0.3) is 5.56 Å². The fourth-order valence-electron chi connectivity index (χ4n) is 3.31. The Bertz CT molecular complexity index is 1070. The average molecular weight is 401 g/mol. The van der Waals surface area contributed by atoms with Crippen molar-refractivity contribution in [3.8, 4) is 16.9 Å². The summed E-state index contributed by atoms with van der Waals surface area (Å²) < 4.78 is 11.7. The van der Waals surface area contributed by atoms with Crippen LogP contribution in [0.25, 0.3) is 21.3 Å². The first-order valence-corrected chi connectivity index (χ1v) is 10.1. The van der Waals surface area contributed by atoms with E-state index in [-0.39, 0.29) is 17.9 Å². The molecule has 0 N–H and O–H groups in total. The highest BCUT2D eigenvalue weighted by molar-refractivity contribution is 7.17. The van der Waals surface area contributed by atoms with Gasteiger partial charge in [0.1, 0.15) is 16.4 Å². The molecule has 0 saturated carbocycles. The summed E-state index contributed by atoms with van der Waals surface area (Å²) in [6, 6.07) is 5.90. The third-order valence-electron chi connectivity index (χ3n) is 4.79. The third kappa shape index (κ3) is 3.80. The van der Waals surface area contributed by atoms with Gasteiger partial charge in [0, 0.05) is 30.3 Å². The first-order chi connectivity index (χ1) is 13.5. The number of hydrogen-bond donors (Lipinski definition) is 0. The first-order valence-electron chi connectivity index (χ1n) is 9.22. The molecule has 0 fully saturated rings. The molecule has 3 rings (SSSR count). The highest BCUT2D eigenvalue weighted by Crippen LogP contribution is 2.33. The number of aromatic nitrogens is 2.